The number of rotatable bonds is 2. The molecule has 238 valence electrons. The first-order valence-corrected chi connectivity index (χ1v) is 18.7. The molecule has 0 spiro atoms. The number of hydrogen-bond donors (Lipinski definition) is 0. The van der Waals surface area contributed by atoms with Crippen molar-refractivity contribution in [2.75, 3.05) is 0 Å². The average molecular weight is 666 g/mol. The second-order valence-corrected chi connectivity index (χ2v) is 16.0. The van der Waals surface area contributed by atoms with Crippen LogP contribution in [0.5, 0.6) is 0 Å². The van der Waals surface area contributed by atoms with E-state index in [0.29, 0.717) is 0 Å². The largest absolute Gasteiger partial charge is 0.309 e. The van der Waals surface area contributed by atoms with Crippen LogP contribution in [0.1, 0.15) is 25.0 Å². The molecule has 0 N–H and O–H groups in total. The Bertz CT molecular complexity index is 3170. The molecule has 10 aromatic rings. The van der Waals surface area contributed by atoms with Crippen LogP contribution in [0.4, 0.5) is 0 Å². The number of nitrogens with zero attached hydrogens (tertiary/aromatic N) is 1. The highest BCUT2D eigenvalue weighted by atomic mass is 32.1. The van der Waals surface area contributed by atoms with Crippen LogP contribution in [0.3, 0.4) is 0 Å². The summed E-state index contributed by atoms with van der Waals surface area (Å²) < 4.78 is 5.21. The zero-order valence-electron chi connectivity index (χ0n) is 28.3. The van der Waals surface area contributed by atoms with Crippen LogP contribution in [-0.4, -0.2) is 4.57 Å². The summed E-state index contributed by atoms with van der Waals surface area (Å²) in [7, 11) is 0. The van der Waals surface area contributed by atoms with Crippen LogP contribution in [0.15, 0.2) is 152 Å². The van der Waals surface area contributed by atoms with Gasteiger partial charge >= 0.3 is 0 Å². The van der Waals surface area contributed by atoms with E-state index in [1.807, 2.05) is 11.3 Å². The van der Waals surface area contributed by atoms with Gasteiger partial charge in [-0.1, -0.05) is 117 Å². The summed E-state index contributed by atoms with van der Waals surface area (Å²) in [6, 6.07) is 57.3. The quantitative estimate of drug-likeness (QED) is 0.173. The summed E-state index contributed by atoms with van der Waals surface area (Å²) in [5, 5.41) is 7.98. The van der Waals surface area contributed by atoms with Crippen molar-refractivity contribution in [3.8, 4) is 50.2 Å². The Hall–Kier alpha value is -5.96. The molecule has 0 unspecified atom stereocenters. The van der Waals surface area contributed by atoms with E-state index in [-0.39, 0.29) is 5.41 Å². The summed E-state index contributed by atoms with van der Waals surface area (Å²) in [4.78, 5) is 0. The second-order valence-electron chi connectivity index (χ2n) is 14.9. The second kappa shape index (κ2) is 9.63. The third-order valence-electron chi connectivity index (χ3n) is 11.9. The molecule has 0 saturated carbocycles. The van der Waals surface area contributed by atoms with Crippen molar-refractivity contribution in [3.05, 3.63) is 163 Å². The highest BCUT2D eigenvalue weighted by molar-refractivity contribution is 7.25. The van der Waals surface area contributed by atoms with Gasteiger partial charge in [-0.25, -0.2) is 0 Å². The Morgan fingerprint density at radius 1 is 0.412 bits per heavy atom. The summed E-state index contributed by atoms with van der Waals surface area (Å²) in [5.41, 5.74) is 16.9. The third kappa shape index (κ3) is 3.55. The Kier molecular flexibility index (Phi) is 5.25. The smallest absolute Gasteiger partial charge is 0.0553 e. The lowest BCUT2D eigenvalue weighted by molar-refractivity contribution is 0.660. The van der Waals surface area contributed by atoms with Crippen molar-refractivity contribution in [1.29, 1.82) is 0 Å². The number of fused-ring (bicyclic) bond motifs is 13. The van der Waals surface area contributed by atoms with Crippen LogP contribution < -0.4 is 0 Å². The maximum absolute atomic E-state index is 2.53. The van der Waals surface area contributed by atoms with Gasteiger partial charge in [-0.3, -0.25) is 0 Å². The molecule has 0 saturated heterocycles. The van der Waals surface area contributed by atoms with Crippen molar-refractivity contribution in [2.24, 2.45) is 0 Å². The Morgan fingerprint density at radius 3 is 1.96 bits per heavy atom. The monoisotopic (exact) mass is 665 g/mol. The standard InChI is InChI=1S/C49H31NS/c1-49(2)41-16-7-5-12-33(41)34-21-20-30(26-42(34)49)50-43-22-18-28(29-19-23-46-38(24-29)35-13-6-8-17-45(35)51-46)25-40(43)48-37-15-9-14-36-31-10-3-4-11-32(31)39(47(36)37)27-44(48)50/h3-27H,1-2H3. The fourth-order valence-electron chi connectivity index (χ4n) is 9.57. The Morgan fingerprint density at radius 2 is 1.08 bits per heavy atom. The highest BCUT2D eigenvalue weighted by Crippen LogP contribution is 2.53. The predicted octanol–water partition coefficient (Wildman–Crippen LogP) is 13.9. The van der Waals surface area contributed by atoms with E-state index in [1.54, 1.807) is 0 Å². The summed E-state index contributed by atoms with van der Waals surface area (Å²) in [6.45, 7) is 4.75. The molecule has 8 aromatic carbocycles. The third-order valence-corrected chi connectivity index (χ3v) is 13.1. The topological polar surface area (TPSA) is 4.93 Å². The highest BCUT2D eigenvalue weighted by Gasteiger charge is 2.35. The fraction of sp³-hybridized carbons (Fsp3) is 0.0612. The first-order chi connectivity index (χ1) is 25.0. The van der Waals surface area contributed by atoms with E-state index in [1.165, 1.54) is 114 Å². The molecule has 51 heavy (non-hydrogen) atoms. The molecule has 2 heterocycles. The molecule has 0 atom stereocenters. The summed E-state index contributed by atoms with van der Waals surface area (Å²) in [6.07, 6.45) is 0. The maximum Gasteiger partial charge on any atom is 0.0553 e. The minimum Gasteiger partial charge on any atom is -0.309 e. The van der Waals surface area contributed by atoms with Crippen molar-refractivity contribution in [2.45, 2.75) is 19.3 Å². The lowest BCUT2D eigenvalue weighted by Gasteiger charge is -2.22. The van der Waals surface area contributed by atoms with Crippen molar-refractivity contribution < 1.29 is 0 Å². The van der Waals surface area contributed by atoms with Gasteiger partial charge in [-0.15, -0.1) is 11.3 Å². The molecule has 2 aliphatic rings. The molecular weight excluding hydrogens is 635 g/mol. The number of benzene rings is 8. The van der Waals surface area contributed by atoms with E-state index < -0.39 is 0 Å². The van der Waals surface area contributed by atoms with Crippen LogP contribution in [0.25, 0.3) is 103 Å². The minimum absolute atomic E-state index is 0.0764. The van der Waals surface area contributed by atoms with Gasteiger partial charge in [0.2, 0.25) is 0 Å². The van der Waals surface area contributed by atoms with Gasteiger partial charge < -0.3 is 4.57 Å². The van der Waals surface area contributed by atoms with Gasteiger partial charge in [-0.2, -0.15) is 0 Å². The molecule has 0 radical (unpaired) electrons. The molecule has 0 amide bonds. The normalized spacial score (nSPS) is 13.8. The lowest BCUT2D eigenvalue weighted by Crippen LogP contribution is -2.15. The number of thiophene rings is 1. The molecule has 0 aliphatic heterocycles. The van der Waals surface area contributed by atoms with Crippen LogP contribution in [0.2, 0.25) is 0 Å². The van der Waals surface area contributed by atoms with E-state index in [2.05, 4.69) is 170 Å². The first-order valence-electron chi connectivity index (χ1n) is 17.8. The molecule has 0 fully saturated rings. The average Bonchev–Trinajstić information content (AvgIpc) is 3.88. The van der Waals surface area contributed by atoms with Crippen molar-refractivity contribution in [3.63, 3.8) is 0 Å². The van der Waals surface area contributed by atoms with Gasteiger partial charge in [0.1, 0.15) is 0 Å². The number of aromatic nitrogens is 1. The van der Waals surface area contributed by atoms with Gasteiger partial charge in [0.25, 0.3) is 0 Å². The van der Waals surface area contributed by atoms with E-state index in [9.17, 15) is 0 Å². The summed E-state index contributed by atoms with van der Waals surface area (Å²) in [5.74, 6) is 0. The zero-order valence-corrected chi connectivity index (χ0v) is 29.1. The molecule has 0 bridgehead atoms. The van der Waals surface area contributed by atoms with E-state index in [4.69, 9.17) is 0 Å². The maximum atomic E-state index is 2.53. The fourth-order valence-corrected chi connectivity index (χ4v) is 10.7. The van der Waals surface area contributed by atoms with Crippen LogP contribution in [0, 0.1) is 0 Å². The van der Waals surface area contributed by atoms with Gasteiger partial charge in [0.15, 0.2) is 0 Å². The van der Waals surface area contributed by atoms with E-state index in [0.717, 1.165) is 0 Å². The minimum atomic E-state index is -0.0764. The Labute approximate surface area is 299 Å². The van der Waals surface area contributed by atoms with Crippen molar-refractivity contribution >= 4 is 64.1 Å². The molecule has 1 nitrogen and oxygen atoms in total. The van der Waals surface area contributed by atoms with Crippen LogP contribution in [-0.2, 0) is 5.41 Å². The van der Waals surface area contributed by atoms with Crippen LogP contribution >= 0.6 is 11.3 Å². The lowest BCUT2D eigenvalue weighted by atomic mass is 9.82. The molecule has 12 rings (SSSR count). The first kappa shape index (κ1) is 27.8. The summed E-state index contributed by atoms with van der Waals surface area (Å²) >= 11 is 1.88. The van der Waals surface area contributed by atoms with Gasteiger partial charge in [-0.05, 0) is 115 Å². The SMILES string of the molecule is CC1(C)c2ccccc2-c2ccc(-n3c4ccc(-c5ccc6sc7ccccc7c6c5)cc4c4c5cccc6c5c(cc43)-c3ccccc3-6)cc21. The van der Waals surface area contributed by atoms with Gasteiger partial charge in [0.05, 0.1) is 11.0 Å². The molecule has 2 heteroatoms. The van der Waals surface area contributed by atoms with E-state index >= 15 is 0 Å². The zero-order chi connectivity index (χ0) is 33.6. The number of hydrogen-bond acceptors (Lipinski definition) is 1. The van der Waals surface area contributed by atoms with Gasteiger partial charge in [0, 0.05) is 42.0 Å². The molecule has 2 aliphatic carbocycles. The molecular formula is C49H31NS. The van der Waals surface area contributed by atoms with Crippen molar-refractivity contribution in [1.82, 2.24) is 4.57 Å². The Balaban J connectivity index is 1.17. The molecule has 2 aromatic heterocycles. The predicted molar refractivity (Wildman–Crippen MR) is 219 cm³/mol.